The average Bonchev–Trinajstić information content (AvgIpc) is 3.58. The van der Waals surface area contributed by atoms with Crippen LogP contribution < -0.4 is 15.4 Å². The molecule has 0 unspecified atom stereocenters. The third kappa shape index (κ3) is 4.20. The highest BCUT2D eigenvalue weighted by atomic mass is 16.5. The summed E-state index contributed by atoms with van der Waals surface area (Å²) in [5.41, 5.74) is 3.24. The Morgan fingerprint density at radius 3 is 2.63 bits per heavy atom. The second kappa shape index (κ2) is 9.42. The summed E-state index contributed by atoms with van der Waals surface area (Å²) in [5, 5.41) is 5.80. The maximum absolute atomic E-state index is 13.2. The van der Waals surface area contributed by atoms with Crippen LogP contribution in [0.3, 0.4) is 0 Å². The van der Waals surface area contributed by atoms with Crippen molar-refractivity contribution in [3.63, 3.8) is 0 Å². The number of hydrogen-bond acceptors (Lipinski definition) is 7. The Balaban J connectivity index is 1.26. The lowest BCUT2D eigenvalue weighted by molar-refractivity contribution is -0.127. The fourth-order valence-corrected chi connectivity index (χ4v) is 5.21. The number of ether oxygens (including phenoxy) is 1. The molecule has 1 fully saturated rings. The second-order valence-corrected chi connectivity index (χ2v) is 9.75. The highest BCUT2D eigenvalue weighted by molar-refractivity contribution is 6.10. The van der Waals surface area contributed by atoms with Crippen LogP contribution in [0.2, 0.25) is 0 Å². The summed E-state index contributed by atoms with van der Waals surface area (Å²) >= 11 is 0. The van der Waals surface area contributed by atoms with Gasteiger partial charge in [0.2, 0.25) is 11.8 Å². The zero-order valence-electron chi connectivity index (χ0n) is 20.8. The molecule has 38 heavy (non-hydrogen) atoms. The van der Waals surface area contributed by atoms with Crippen molar-refractivity contribution in [3.05, 3.63) is 94.9 Å². The van der Waals surface area contributed by atoms with Gasteiger partial charge in [0.15, 0.2) is 5.58 Å². The van der Waals surface area contributed by atoms with Crippen molar-refractivity contribution >= 4 is 28.8 Å². The topological polar surface area (TPSA) is 114 Å². The zero-order chi connectivity index (χ0) is 26.3. The van der Waals surface area contributed by atoms with E-state index in [1.807, 2.05) is 30.3 Å². The first-order chi connectivity index (χ1) is 18.4. The first-order valence-corrected chi connectivity index (χ1v) is 12.4. The molecule has 0 bridgehead atoms. The van der Waals surface area contributed by atoms with E-state index in [2.05, 4.69) is 27.8 Å². The van der Waals surface area contributed by atoms with E-state index >= 15 is 0 Å². The van der Waals surface area contributed by atoms with Crippen LogP contribution in [0.15, 0.2) is 71.3 Å². The quantitative estimate of drug-likeness (QED) is 0.350. The Labute approximate surface area is 218 Å². The fraction of sp³-hybridized carbons (Fsp3) is 0.241. The van der Waals surface area contributed by atoms with Gasteiger partial charge in [-0.25, -0.2) is 0 Å². The predicted octanol–water partition coefficient (Wildman–Crippen LogP) is 3.07. The third-order valence-electron chi connectivity index (χ3n) is 7.21. The van der Waals surface area contributed by atoms with E-state index in [1.165, 1.54) is 5.56 Å². The molecule has 2 aromatic carbocycles. The van der Waals surface area contributed by atoms with Gasteiger partial charge in [-0.1, -0.05) is 36.4 Å². The Morgan fingerprint density at radius 1 is 1.05 bits per heavy atom. The van der Waals surface area contributed by atoms with E-state index in [4.69, 9.17) is 9.15 Å². The molecule has 0 radical (unpaired) electrons. The number of hydrogen-bond donors (Lipinski definition) is 2. The normalized spacial score (nSPS) is 18.8. The molecule has 2 aliphatic heterocycles. The lowest BCUT2D eigenvalue weighted by Gasteiger charge is -2.28. The van der Waals surface area contributed by atoms with E-state index in [0.717, 1.165) is 11.1 Å². The van der Waals surface area contributed by atoms with E-state index in [9.17, 15) is 14.4 Å². The van der Waals surface area contributed by atoms with Crippen LogP contribution in [0.5, 0.6) is 5.75 Å². The predicted molar refractivity (Wildman–Crippen MR) is 138 cm³/mol. The van der Waals surface area contributed by atoms with Crippen LogP contribution in [0.1, 0.15) is 39.2 Å². The Bertz CT molecular complexity index is 1560. The van der Waals surface area contributed by atoms with E-state index < -0.39 is 17.2 Å². The van der Waals surface area contributed by atoms with Crippen LogP contribution in [0.4, 0.5) is 0 Å². The van der Waals surface area contributed by atoms with Gasteiger partial charge in [-0.15, -0.1) is 0 Å². The van der Waals surface area contributed by atoms with Crippen LogP contribution in [0.25, 0.3) is 11.1 Å². The van der Waals surface area contributed by atoms with Crippen LogP contribution in [-0.2, 0) is 34.6 Å². The van der Waals surface area contributed by atoms with Gasteiger partial charge in [0, 0.05) is 44.0 Å². The van der Waals surface area contributed by atoms with E-state index in [0.29, 0.717) is 47.8 Å². The van der Waals surface area contributed by atoms with Crippen LogP contribution in [-0.4, -0.2) is 41.3 Å². The lowest BCUT2D eigenvalue weighted by Crippen LogP contribution is -2.46. The Morgan fingerprint density at radius 2 is 1.87 bits per heavy atom. The maximum atomic E-state index is 13.2. The molecule has 0 aliphatic carbocycles. The fourth-order valence-electron chi connectivity index (χ4n) is 5.21. The van der Waals surface area contributed by atoms with Crippen molar-refractivity contribution in [2.45, 2.75) is 31.5 Å². The smallest absolute Gasteiger partial charge is 0.254 e. The zero-order valence-corrected chi connectivity index (χ0v) is 20.8. The third-order valence-corrected chi connectivity index (χ3v) is 7.21. The average molecular weight is 511 g/mol. The SMILES string of the molecule is COc1ccc2c(c1)C(=O)N(C[C@@]1(c3cc4ncc(CNCc5ccccc5)cc4o3)CC(=O)NC1=O)C2. The molecule has 192 valence electrons. The maximum Gasteiger partial charge on any atom is 0.254 e. The summed E-state index contributed by atoms with van der Waals surface area (Å²) in [4.78, 5) is 45.0. The molecule has 0 saturated carbocycles. The molecular weight excluding hydrogens is 484 g/mol. The molecule has 1 saturated heterocycles. The summed E-state index contributed by atoms with van der Waals surface area (Å²) in [6.45, 7) is 1.64. The summed E-state index contributed by atoms with van der Waals surface area (Å²) in [6.07, 6.45) is 1.65. The number of methoxy groups -OCH3 is 1. The van der Waals surface area contributed by atoms with Crippen LogP contribution in [0, 0.1) is 0 Å². The summed E-state index contributed by atoms with van der Waals surface area (Å²) in [5.74, 6) is -0.196. The monoisotopic (exact) mass is 510 g/mol. The van der Waals surface area contributed by atoms with Crippen LogP contribution >= 0.6 is 0 Å². The molecule has 9 heteroatoms. The number of rotatable bonds is 8. The molecule has 2 N–H and O–H groups in total. The van der Waals surface area contributed by atoms with Crippen molar-refractivity contribution in [3.8, 4) is 5.75 Å². The van der Waals surface area contributed by atoms with Gasteiger partial charge in [0.1, 0.15) is 22.4 Å². The van der Waals surface area contributed by atoms with Gasteiger partial charge in [-0.3, -0.25) is 24.7 Å². The molecule has 4 aromatic rings. The number of benzene rings is 2. The molecule has 1 atom stereocenters. The number of imide groups is 1. The molecule has 6 rings (SSSR count). The number of aromatic nitrogens is 1. The Kier molecular flexibility index (Phi) is 5.92. The standard InChI is InChI=1S/C29H26N4O5/c1-37-21-8-7-20-16-33(27(35)22(20)10-21)17-29(12-26(34)32-28(29)36)25-11-23-24(38-25)9-19(15-31-23)14-30-13-18-5-3-2-4-6-18/h2-11,15,30H,12-14,16-17H2,1H3,(H,32,34,36)/t29-/m1/s1. The molecule has 0 spiro atoms. The lowest BCUT2D eigenvalue weighted by atomic mass is 9.82. The highest BCUT2D eigenvalue weighted by Gasteiger charge is 2.53. The summed E-state index contributed by atoms with van der Waals surface area (Å²) < 4.78 is 11.4. The van der Waals surface area contributed by atoms with E-state index in [-0.39, 0.29) is 18.9 Å². The number of fused-ring (bicyclic) bond motifs is 2. The Hall–Kier alpha value is -4.50. The molecule has 4 heterocycles. The molecular formula is C29H26N4O5. The van der Waals surface area contributed by atoms with Crippen molar-refractivity contribution in [1.29, 1.82) is 0 Å². The summed E-state index contributed by atoms with van der Waals surface area (Å²) in [6, 6.07) is 19.0. The van der Waals surface area contributed by atoms with Gasteiger partial charge >= 0.3 is 0 Å². The highest BCUT2D eigenvalue weighted by Crippen LogP contribution is 2.39. The first-order valence-electron chi connectivity index (χ1n) is 12.4. The van der Waals surface area contributed by atoms with Crippen molar-refractivity contribution in [1.82, 2.24) is 20.5 Å². The van der Waals surface area contributed by atoms with Crippen molar-refractivity contribution in [2.24, 2.45) is 0 Å². The van der Waals surface area contributed by atoms with Crippen molar-refractivity contribution < 1.29 is 23.5 Å². The number of amides is 3. The van der Waals surface area contributed by atoms with E-state index in [1.54, 1.807) is 36.4 Å². The largest absolute Gasteiger partial charge is 0.497 e. The number of carbonyl (C=O) groups is 3. The molecule has 3 amide bonds. The number of pyridine rings is 1. The first kappa shape index (κ1) is 23.9. The van der Waals surface area contributed by atoms with Gasteiger partial charge < -0.3 is 19.4 Å². The molecule has 2 aliphatic rings. The number of furan rings is 1. The van der Waals surface area contributed by atoms with Gasteiger partial charge in [0.25, 0.3) is 5.91 Å². The number of nitrogens with zero attached hydrogens (tertiary/aromatic N) is 2. The second-order valence-electron chi connectivity index (χ2n) is 9.75. The summed E-state index contributed by atoms with van der Waals surface area (Å²) in [7, 11) is 1.54. The van der Waals surface area contributed by atoms with Gasteiger partial charge in [-0.05, 0) is 34.9 Å². The molecule has 9 nitrogen and oxygen atoms in total. The van der Waals surface area contributed by atoms with Gasteiger partial charge in [-0.2, -0.15) is 0 Å². The minimum absolute atomic E-state index is 0.00567. The number of carbonyl (C=O) groups excluding carboxylic acids is 3. The minimum atomic E-state index is -1.34. The molecule has 2 aromatic heterocycles. The van der Waals surface area contributed by atoms with Crippen molar-refractivity contribution in [2.75, 3.05) is 13.7 Å². The minimum Gasteiger partial charge on any atom is -0.497 e. The number of nitrogens with one attached hydrogen (secondary N) is 2. The van der Waals surface area contributed by atoms with Gasteiger partial charge in [0.05, 0.1) is 13.5 Å².